The fourth-order valence-electron chi connectivity index (χ4n) is 2.09. The van der Waals surface area contributed by atoms with Crippen molar-refractivity contribution in [1.82, 2.24) is 0 Å². The van der Waals surface area contributed by atoms with Crippen molar-refractivity contribution >= 4 is 24.1 Å². The van der Waals surface area contributed by atoms with Gasteiger partial charge in [-0.05, 0) is 56.9 Å². The van der Waals surface area contributed by atoms with Gasteiger partial charge in [-0.3, -0.25) is 0 Å². The summed E-state index contributed by atoms with van der Waals surface area (Å²) in [6, 6.07) is 16.8. The van der Waals surface area contributed by atoms with Crippen LogP contribution in [-0.2, 0) is 8.37 Å². The summed E-state index contributed by atoms with van der Waals surface area (Å²) >= 11 is 2.93. The van der Waals surface area contributed by atoms with E-state index < -0.39 is 0 Å². The molecule has 0 aliphatic rings. The molecular formula is C20H26O2S2. The summed E-state index contributed by atoms with van der Waals surface area (Å²) in [6.45, 7) is 7.95. The van der Waals surface area contributed by atoms with E-state index in [0.29, 0.717) is 5.92 Å². The maximum Gasteiger partial charge on any atom is 0.0644 e. The number of benzene rings is 2. The van der Waals surface area contributed by atoms with Gasteiger partial charge >= 0.3 is 0 Å². The molecule has 0 aromatic heterocycles. The summed E-state index contributed by atoms with van der Waals surface area (Å²) in [5.74, 6) is 0.538. The summed E-state index contributed by atoms with van der Waals surface area (Å²) in [6.07, 6.45) is 2.17. The van der Waals surface area contributed by atoms with Gasteiger partial charge in [-0.2, -0.15) is 0 Å². The van der Waals surface area contributed by atoms with Crippen LogP contribution in [0.25, 0.3) is 0 Å². The summed E-state index contributed by atoms with van der Waals surface area (Å²) in [5.41, 5.74) is 2.55. The Balaban J connectivity index is 1.51. The first-order valence-electron chi connectivity index (χ1n) is 8.36. The summed E-state index contributed by atoms with van der Waals surface area (Å²) in [7, 11) is 0. The highest BCUT2D eigenvalue weighted by Gasteiger charge is 2.04. The Morgan fingerprint density at radius 2 is 1.29 bits per heavy atom. The first-order chi connectivity index (χ1) is 11.6. The molecular weight excluding hydrogens is 336 g/mol. The third-order valence-corrected chi connectivity index (χ3v) is 5.10. The van der Waals surface area contributed by atoms with Gasteiger partial charge < -0.3 is 8.37 Å². The topological polar surface area (TPSA) is 18.5 Å². The van der Waals surface area contributed by atoms with Gasteiger partial charge in [0.2, 0.25) is 0 Å². The molecule has 2 nitrogen and oxygen atoms in total. The van der Waals surface area contributed by atoms with Crippen LogP contribution in [0.1, 0.15) is 30.9 Å². The Hall–Kier alpha value is -0.940. The van der Waals surface area contributed by atoms with E-state index >= 15 is 0 Å². The molecule has 0 aliphatic carbocycles. The van der Waals surface area contributed by atoms with E-state index in [1.165, 1.54) is 35.2 Å². The molecule has 2 aromatic rings. The highest BCUT2D eigenvalue weighted by Crippen LogP contribution is 2.22. The van der Waals surface area contributed by atoms with Crippen LogP contribution in [0, 0.1) is 19.8 Å². The second-order valence-corrected chi connectivity index (χ2v) is 7.89. The third-order valence-electron chi connectivity index (χ3n) is 3.63. The molecule has 0 heterocycles. The molecule has 0 N–H and O–H groups in total. The number of rotatable bonds is 10. The first kappa shape index (κ1) is 19.4. The maximum atomic E-state index is 5.73. The molecule has 0 fully saturated rings. The predicted octanol–water partition coefficient (Wildman–Crippen LogP) is 6.47. The smallest absolute Gasteiger partial charge is 0.0644 e. The van der Waals surface area contributed by atoms with Crippen molar-refractivity contribution in [3.05, 3.63) is 59.7 Å². The Morgan fingerprint density at radius 1 is 0.792 bits per heavy atom. The molecule has 4 heteroatoms. The van der Waals surface area contributed by atoms with Crippen molar-refractivity contribution < 1.29 is 8.37 Å². The normalized spacial score (nSPS) is 12.3. The number of aryl methyl sites for hydroxylation is 2. The van der Waals surface area contributed by atoms with E-state index in [1.807, 2.05) is 0 Å². The molecule has 0 saturated carbocycles. The highest BCUT2D eigenvalue weighted by molar-refractivity contribution is 7.94. The quantitative estimate of drug-likeness (QED) is 0.356. The van der Waals surface area contributed by atoms with Crippen molar-refractivity contribution in [3.63, 3.8) is 0 Å². The molecule has 24 heavy (non-hydrogen) atoms. The standard InChI is InChI=1S/C20H26O2S2/c1-16-6-10-19(11-7-16)23-21-14-4-5-18(3)15-22-24-20-12-8-17(2)9-13-20/h6-13,18H,4-5,14-15H2,1-3H3/t18-/m1/s1. The van der Waals surface area contributed by atoms with E-state index in [-0.39, 0.29) is 0 Å². The minimum absolute atomic E-state index is 0.538. The fraction of sp³-hybridized carbons (Fsp3) is 0.400. The SMILES string of the molecule is Cc1ccc(SOCCC[C@@H](C)COSc2ccc(C)cc2)cc1. The molecule has 0 radical (unpaired) electrons. The minimum atomic E-state index is 0.538. The average Bonchev–Trinajstić information content (AvgIpc) is 2.58. The van der Waals surface area contributed by atoms with Crippen LogP contribution in [0.4, 0.5) is 0 Å². The van der Waals surface area contributed by atoms with Gasteiger partial charge in [0.05, 0.1) is 13.2 Å². The largest absolute Gasteiger partial charge is 0.310 e. The van der Waals surface area contributed by atoms with E-state index in [4.69, 9.17) is 8.37 Å². The minimum Gasteiger partial charge on any atom is -0.310 e. The lowest BCUT2D eigenvalue weighted by Gasteiger charge is -2.11. The van der Waals surface area contributed by atoms with Gasteiger partial charge in [0, 0.05) is 33.9 Å². The zero-order chi connectivity index (χ0) is 17.2. The van der Waals surface area contributed by atoms with Crippen LogP contribution in [0.15, 0.2) is 58.3 Å². The number of hydrogen-bond donors (Lipinski definition) is 0. The first-order valence-corrected chi connectivity index (χ1v) is 9.84. The molecule has 0 bridgehead atoms. The molecule has 0 amide bonds. The van der Waals surface area contributed by atoms with E-state index in [9.17, 15) is 0 Å². The van der Waals surface area contributed by atoms with Crippen molar-refractivity contribution in [2.45, 2.75) is 43.4 Å². The predicted molar refractivity (Wildman–Crippen MR) is 104 cm³/mol. The van der Waals surface area contributed by atoms with E-state index in [1.54, 1.807) is 0 Å². The van der Waals surface area contributed by atoms with Crippen molar-refractivity contribution in [3.8, 4) is 0 Å². The lowest BCUT2D eigenvalue weighted by Crippen LogP contribution is -2.03. The molecule has 130 valence electrons. The van der Waals surface area contributed by atoms with Crippen LogP contribution in [0.3, 0.4) is 0 Å². The lowest BCUT2D eigenvalue weighted by molar-refractivity contribution is 0.270. The Kier molecular flexibility index (Phi) is 8.75. The van der Waals surface area contributed by atoms with Crippen LogP contribution >= 0.6 is 24.1 Å². The van der Waals surface area contributed by atoms with Gasteiger partial charge in [-0.1, -0.05) is 42.3 Å². The van der Waals surface area contributed by atoms with E-state index in [2.05, 4.69) is 69.3 Å². The van der Waals surface area contributed by atoms with Gasteiger partial charge in [0.25, 0.3) is 0 Å². The molecule has 2 aromatic carbocycles. The van der Waals surface area contributed by atoms with Crippen LogP contribution in [0.2, 0.25) is 0 Å². The summed E-state index contributed by atoms with van der Waals surface area (Å²) in [4.78, 5) is 2.32. The average molecular weight is 363 g/mol. The highest BCUT2D eigenvalue weighted by atomic mass is 32.2. The number of hydrogen-bond acceptors (Lipinski definition) is 4. The monoisotopic (exact) mass is 362 g/mol. The van der Waals surface area contributed by atoms with Gasteiger partial charge in [0.15, 0.2) is 0 Å². The van der Waals surface area contributed by atoms with Crippen LogP contribution in [-0.4, -0.2) is 13.2 Å². The molecule has 0 unspecified atom stereocenters. The molecule has 0 aliphatic heterocycles. The lowest BCUT2D eigenvalue weighted by atomic mass is 10.1. The third kappa shape index (κ3) is 7.75. The van der Waals surface area contributed by atoms with Crippen molar-refractivity contribution in [2.75, 3.05) is 13.2 Å². The fourth-order valence-corrected chi connectivity index (χ4v) is 3.36. The molecule has 2 rings (SSSR count). The molecule has 0 spiro atoms. The van der Waals surface area contributed by atoms with Crippen LogP contribution in [0.5, 0.6) is 0 Å². The van der Waals surface area contributed by atoms with Gasteiger partial charge in [-0.15, -0.1) is 0 Å². The van der Waals surface area contributed by atoms with Gasteiger partial charge in [-0.25, -0.2) is 0 Å². The second-order valence-electron chi connectivity index (χ2n) is 6.15. The van der Waals surface area contributed by atoms with E-state index in [0.717, 1.165) is 35.8 Å². The Bertz CT molecular complexity index is 582. The summed E-state index contributed by atoms with van der Waals surface area (Å²) in [5, 5.41) is 0. The zero-order valence-electron chi connectivity index (χ0n) is 14.7. The molecule has 1 atom stereocenters. The van der Waals surface area contributed by atoms with Crippen molar-refractivity contribution in [2.24, 2.45) is 5.92 Å². The van der Waals surface area contributed by atoms with Crippen molar-refractivity contribution in [1.29, 1.82) is 0 Å². The maximum absolute atomic E-state index is 5.73. The Labute approximate surface area is 154 Å². The Morgan fingerprint density at radius 3 is 1.83 bits per heavy atom. The zero-order valence-corrected chi connectivity index (χ0v) is 16.3. The van der Waals surface area contributed by atoms with Crippen LogP contribution < -0.4 is 0 Å². The summed E-state index contributed by atoms with van der Waals surface area (Å²) < 4.78 is 11.4. The molecule has 0 saturated heterocycles. The van der Waals surface area contributed by atoms with Gasteiger partial charge in [0.1, 0.15) is 0 Å². The second kappa shape index (κ2) is 10.8.